The Bertz CT molecular complexity index is 1090. The van der Waals surface area contributed by atoms with Crippen LogP contribution in [0.2, 0.25) is 0 Å². The van der Waals surface area contributed by atoms with Crippen LogP contribution in [0.4, 0.5) is 0 Å². The van der Waals surface area contributed by atoms with E-state index in [1.165, 1.54) is 0 Å². The third kappa shape index (κ3) is 9.59. The van der Waals surface area contributed by atoms with E-state index in [1.54, 1.807) is 36.4 Å². The molecule has 0 saturated heterocycles. The summed E-state index contributed by atoms with van der Waals surface area (Å²) < 4.78 is 31.4. The molecule has 6 N–H and O–H groups in total. The van der Waals surface area contributed by atoms with Crippen molar-refractivity contribution in [1.82, 2.24) is 0 Å². The van der Waals surface area contributed by atoms with Gasteiger partial charge in [-0.25, -0.2) is 4.79 Å². The average Bonchev–Trinajstić information content (AvgIpc) is 2.77. The van der Waals surface area contributed by atoms with Crippen molar-refractivity contribution in [2.45, 2.75) is 25.7 Å². The van der Waals surface area contributed by atoms with Gasteiger partial charge in [0.05, 0.1) is 17.7 Å². The zero-order chi connectivity index (χ0) is 25.3. The van der Waals surface area contributed by atoms with Gasteiger partial charge in [0.2, 0.25) is 0 Å². The number of ether oxygens (including phenoxy) is 1. The normalized spacial score (nSPS) is 17.6. The Morgan fingerprint density at radius 1 is 0.971 bits per heavy atom. The van der Waals surface area contributed by atoms with Crippen LogP contribution in [0.15, 0.2) is 53.5 Å². The van der Waals surface area contributed by atoms with E-state index >= 15 is 0 Å². The predicted octanol–water partition coefficient (Wildman–Crippen LogP) is 2.54. The smallest absolute Gasteiger partial charge is 0.335 e. The summed E-state index contributed by atoms with van der Waals surface area (Å²) in [6, 6.07) is 13.8. The summed E-state index contributed by atoms with van der Waals surface area (Å²) >= 11 is 0. The Kier molecular flexibility index (Phi) is 9.58. The van der Waals surface area contributed by atoms with Gasteiger partial charge in [-0.2, -0.15) is 8.42 Å². The molecule has 1 saturated carbocycles. The molecule has 0 heterocycles. The number of guanidine groups is 1. The molecule has 0 unspecified atom stereocenters. The number of esters is 1. The largest absolute Gasteiger partial charge is 0.478 e. The number of nitrogens with zero attached hydrogens (tertiary/aromatic N) is 1. The minimum Gasteiger partial charge on any atom is -0.478 e. The fourth-order valence-corrected chi connectivity index (χ4v) is 3.54. The van der Waals surface area contributed by atoms with Gasteiger partial charge in [0.25, 0.3) is 10.1 Å². The highest BCUT2D eigenvalue weighted by atomic mass is 32.2. The molecular formula is C23H29N3O7S. The van der Waals surface area contributed by atoms with Crippen LogP contribution >= 0.6 is 0 Å². The van der Waals surface area contributed by atoms with E-state index in [-0.39, 0.29) is 23.4 Å². The van der Waals surface area contributed by atoms with E-state index < -0.39 is 16.1 Å². The summed E-state index contributed by atoms with van der Waals surface area (Å²) in [4.78, 5) is 27.5. The van der Waals surface area contributed by atoms with Gasteiger partial charge in [0.1, 0.15) is 5.75 Å². The van der Waals surface area contributed by atoms with Crippen LogP contribution < -0.4 is 16.2 Å². The highest BCUT2D eigenvalue weighted by Gasteiger charge is 2.27. The second kappa shape index (κ2) is 12.1. The molecule has 0 radical (unpaired) electrons. The average molecular weight is 492 g/mol. The third-order valence-corrected chi connectivity index (χ3v) is 5.25. The number of aliphatic imine (C=N–C) groups is 1. The topological polar surface area (TPSA) is 182 Å². The number of carboxylic acids is 1. The van der Waals surface area contributed by atoms with Crippen molar-refractivity contribution in [3.05, 3.63) is 54.1 Å². The molecule has 0 bridgehead atoms. The number of rotatable bonds is 6. The summed E-state index contributed by atoms with van der Waals surface area (Å²) in [5, 5.41) is 8.97. The summed E-state index contributed by atoms with van der Waals surface area (Å²) in [5.41, 5.74) is 12.8. The molecule has 1 aliphatic carbocycles. The number of nitrogens with two attached hydrogens (primary N) is 2. The minimum absolute atomic E-state index is 0.103. The maximum Gasteiger partial charge on any atom is 0.335 e. The van der Waals surface area contributed by atoms with Crippen molar-refractivity contribution in [2.75, 3.05) is 12.8 Å². The molecule has 0 atom stereocenters. The van der Waals surface area contributed by atoms with Gasteiger partial charge in [0.15, 0.2) is 5.96 Å². The molecule has 2 aromatic carbocycles. The lowest BCUT2D eigenvalue weighted by Crippen LogP contribution is -2.28. The number of aromatic carboxylic acids is 1. The zero-order valence-electron chi connectivity index (χ0n) is 18.8. The first-order valence-corrected chi connectivity index (χ1v) is 12.4. The molecule has 184 valence electrons. The summed E-state index contributed by atoms with van der Waals surface area (Å²) in [7, 11) is -3.67. The van der Waals surface area contributed by atoms with Crippen LogP contribution in [0, 0.1) is 11.8 Å². The molecule has 2 aromatic rings. The number of hydrogen-bond acceptors (Lipinski definition) is 6. The summed E-state index contributed by atoms with van der Waals surface area (Å²) in [6.45, 7) is 0.610. The highest BCUT2D eigenvalue weighted by Crippen LogP contribution is 2.31. The number of benzene rings is 2. The van der Waals surface area contributed by atoms with Crippen molar-refractivity contribution in [2.24, 2.45) is 28.3 Å². The van der Waals surface area contributed by atoms with Gasteiger partial charge < -0.3 is 21.3 Å². The van der Waals surface area contributed by atoms with E-state index in [1.807, 2.05) is 12.1 Å². The standard InChI is InChI=1S/C22H25N3O4.CH4O3S/c23-22(24)25-13-14-1-3-18(4-2-14)21(28)29-19-11-9-16(10-12-19)15-5-7-17(8-6-15)20(26)27;1-5(2,3)4/h5-12,14,18H,1-4,13H2,(H,26,27)(H4,23,24,25);1H3,(H,2,3,4). The van der Waals surface area contributed by atoms with Crippen LogP contribution in [-0.2, 0) is 14.9 Å². The minimum atomic E-state index is -3.67. The van der Waals surface area contributed by atoms with E-state index in [0.717, 1.165) is 36.8 Å². The van der Waals surface area contributed by atoms with Crippen LogP contribution in [0.5, 0.6) is 5.75 Å². The molecule has 0 spiro atoms. The van der Waals surface area contributed by atoms with Crippen molar-refractivity contribution >= 4 is 28.0 Å². The molecule has 1 aliphatic rings. The van der Waals surface area contributed by atoms with Crippen molar-refractivity contribution in [3.8, 4) is 16.9 Å². The van der Waals surface area contributed by atoms with Gasteiger partial charge in [-0.05, 0) is 67.0 Å². The second-order valence-corrected chi connectivity index (χ2v) is 9.51. The third-order valence-electron chi connectivity index (χ3n) is 5.25. The molecule has 0 amide bonds. The fourth-order valence-electron chi connectivity index (χ4n) is 3.54. The summed E-state index contributed by atoms with van der Waals surface area (Å²) in [5.74, 6) is -0.245. The number of hydrogen-bond donors (Lipinski definition) is 4. The van der Waals surface area contributed by atoms with Crippen molar-refractivity contribution in [3.63, 3.8) is 0 Å². The van der Waals surface area contributed by atoms with Crippen molar-refractivity contribution in [1.29, 1.82) is 0 Å². The van der Waals surface area contributed by atoms with E-state index in [4.69, 9.17) is 25.9 Å². The van der Waals surface area contributed by atoms with Gasteiger partial charge in [-0.1, -0.05) is 24.3 Å². The molecule has 34 heavy (non-hydrogen) atoms. The number of carbonyl (C=O) groups excluding carboxylic acids is 1. The van der Waals surface area contributed by atoms with E-state index in [2.05, 4.69) is 4.99 Å². The maximum absolute atomic E-state index is 12.5. The van der Waals surface area contributed by atoms with E-state index in [9.17, 15) is 18.0 Å². The number of carboxylic acid groups (broad SMARTS) is 1. The van der Waals surface area contributed by atoms with Crippen LogP contribution in [0.25, 0.3) is 11.1 Å². The highest BCUT2D eigenvalue weighted by molar-refractivity contribution is 7.85. The Balaban J connectivity index is 0.000000739. The van der Waals surface area contributed by atoms with Crippen molar-refractivity contribution < 1.29 is 32.4 Å². The first-order chi connectivity index (χ1) is 15.9. The molecular weight excluding hydrogens is 462 g/mol. The fraction of sp³-hybridized carbons (Fsp3) is 0.348. The van der Waals surface area contributed by atoms with Gasteiger partial charge >= 0.3 is 11.9 Å². The monoisotopic (exact) mass is 491 g/mol. The molecule has 10 nitrogen and oxygen atoms in total. The summed E-state index contributed by atoms with van der Waals surface area (Å²) in [6.07, 6.45) is 4.08. The Hall–Kier alpha value is -3.44. The first-order valence-electron chi connectivity index (χ1n) is 10.6. The number of carbonyl (C=O) groups is 2. The molecule has 0 aliphatic heterocycles. The lowest BCUT2D eigenvalue weighted by atomic mass is 9.82. The molecule has 11 heteroatoms. The van der Waals surface area contributed by atoms with E-state index in [0.29, 0.717) is 24.5 Å². The zero-order valence-corrected chi connectivity index (χ0v) is 19.6. The molecule has 0 aromatic heterocycles. The Morgan fingerprint density at radius 2 is 1.44 bits per heavy atom. The lowest BCUT2D eigenvalue weighted by molar-refractivity contribution is -0.140. The Labute approximate surface area is 198 Å². The predicted molar refractivity (Wildman–Crippen MR) is 128 cm³/mol. The van der Waals surface area contributed by atoms with Gasteiger partial charge in [-0.15, -0.1) is 0 Å². The quantitative estimate of drug-likeness (QED) is 0.155. The Morgan fingerprint density at radius 3 is 1.88 bits per heavy atom. The first kappa shape index (κ1) is 26.8. The molecule has 3 rings (SSSR count). The lowest BCUT2D eigenvalue weighted by Gasteiger charge is -2.26. The van der Waals surface area contributed by atoms with Crippen LogP contribution in [-0.4, -0.2) is 48.8 Å². The van der Waals surface area contributed by atoms with Crippen LogP contribution in [0.1, 0.15) is 36.0 Å². The van der Waals surface area contributed by atoms with Gasteiger partial charge in [-0.3, -0.25) is 14.3 Å². The SMILES string of the molecule is CS(=O)(=O)O.NC(N)=NCC1CCC(C(=O)Oc2ccc(-c3ccc(C(=O)O)cc3)cc2)CC1. The molecule has 1 fully saturated rings. The second-order valence-electron chi connectivity index (χ2n) is 8.04. The maximum atomic E-state index is 12.5. The van der Waals surface area contributed by atoms with Crippen LogP contribution in [0.3, 0.4) is 0 Å². The van der Waals surface area contributed by atoms with Gasteiger partial charge in [0, 0.05) is 6.54 Å².